The molecule has 24 heavy (non-hydrogen) atoms. The maximum Gasteiger partial charge on any atom is 0.191 e. The fourth-order valence-corrected chi connectivity index (χ4v) is 3.51. The Morgan fingerprint density at radius 3 is 2.58 bits per heavy atom. The van der Waals surface area contributed by atoms with Crippen molar-refractivity contribution in [3.05, 3.63) is 32.2 Å². The molecule has 0 aromatic carbocycles. The third kappa shape index (κ3) is 7.02. The van der Waals surface area contributed by atoms with E-state index in [1.807, 2.05) is 6.92 Å². The monoisotopic (exact) mass is 479 g/mol. The minimum Gasteiger partial charge on any atom is -0.357 e. The lowest BCUT2D eigenvalue weighted by Crippen LogP contribution is -2.38. The van der Waals surface area contributed by atoms with Crippen molar-refractivity contribution in [3.8, 4) is 0 Å². The van der Waals surface area contributed by atoms with Crippen LogP contribution >= 0.6 is 46.7 Å². The van der Waals surface area contributed by atoms with Crippen molar-refractivity contribution in [1.82, 2.24) is 20.6 Å². The normalized spacial score (nSPS) is 11.5. The quantitative estimate of drug-likeness (QED) is 0.359. The fraction of sp³-hybridized carbons (Fsp3) is 0.562. The number of guanidine groups is 1. The molecule has 0 spiro atoms. The molecule has 0 saturated heterocycles. The molecule has 2 N–H and O–H groups in total. The van der Waals surface area contributed by atoms with Gasteiger partial charge in [0, 0.05) is 30.3 Å². The molecule has 0 aliphatic heterocycles. The smallest absolute Gasteiger partial charge is 0.191 e. The summed E-state index contributed by atoms with van der Waals surface area (Å²) in [5.41, 5.74) is 2.29. The second kappa shape index (κ2) is 11.0. The van der Waals surface area contributed by atoms with E-state index < -0.39 is 0 Å². The SMILES string of the molecule is CCNC(=NCc1nc(C(C)C)cs1)NCCc1csc(C)n1.I. The molecule has 2 heterocycles. The van der Waals surface area contributed by atoms with E-state index in [9.17, 15) is 0 Å². The second-order valence-electron chi connectivity index (χ2n) is 5.55. The van der Waals surface area contributed by atoms with Crippen LogP contribution in [0.15, 0.2) is 15.8 Å². The van der Waals surface area contributed by atoms with Crippen LogP contribution < -0.4 is 10.6 Å². The van der Waals surface area contributed by atoms with Gasteiger partial charge in [-0.15, -0.1) is 46.7 Å². The lowest BCUT2D eigenvalue weighted by atomic mass is 10.2. The first kappa shape index (κ1) is 21.3. The molecule has 0 saturated carbocycles. The number of thiazole rings is 2. The highest BCUT2D eigenvalue weighted by atomic mass is 127. The van der Waals surface area contributed by atoms with Gasteiger partial charge in [-0.05, 0) is 19.8 Å². The summed E-state index contributed by atoms with van der Waals surface area (Å²) in [6.45, 7) is 10.7. The van der Waals surface area contributed by atoms with Gasteiger partial charge in [-0.2, -0.15) is 0 Å². The molecule has 0 aliphatic rings. The number of nitrogens with one attached hydrogen (secondary N) is 2. The molecule has 2 aromatic heterocycles. The topological polar surface area (TPSA) is 62.2 Å². The zero-order valence-electron chi connectivity index (χ0n) is 14.6. The van der Waals surface area contributed by atoms with Crippen molar-refractivity contribution in [2.75, 3.05) is 13.1 Å². The molecule has 5 nitrogen and oxygen atoms in total. The maximum absolute atomic E-state index is 4.62. The first-order valence-corrected chi connectivity index (χ1v) is 9.72. The minimum absolute atomic E-state index is 0. The number of rotatable bonds is 7. The van der Waals surface area contributed by atoms with Crippen LogP contribution in [-0.4, -0.2) is 29.0 Å². The number of hydrogen-bond donors (Lipinski definition) is 2. The third-order valence-corrected chi connectivity index (χ3v) is 4.89. The third-order valence-electron chi connectivity index (χ3n) is 3.22. The summed E-state index contributed by atoms with van der Waals surface area (Å²) in [6, 6.07) is 0. The zero-order valence-corrected chi connectivity index (χ0v) is 18.6. The lowest BCUT2D eigenvalue weighted by Gasteiger charge is -2.10. The molecular formula is C16H26IN5S2. The van der Waals surface area contributed by atoms with E-state index >= 15 is 0 Å². The largest absolute Gasteiger partial charge is 0.357 e. The Balaban J connectivity index is 0.00000288. The molecule has 0 bridgehead atoms. The number of aromatic nitrogens is 2. The Morgan fingerprint density at radius 2 is 2.00 bits per heavy atom. The second-order valence-corrected chi connectivity index (χ2v) is 7.56. The van der Waals surface area contributed by atoms with Crippen LogP contribution in [-0.2, 0) is 13.0 Å². The molecule has 0 fully saturated rings. The molecular weight excluding hydrogens is 453 g/mol. The summed E-state index contributed by atoms with van der Waals surface area (Å²) in [5, 5.41) is 13.0. The predicted molar refractivity (Wildman–Crippen MR) is 115 cm³/mol. The minimum atomic E-state index is 0. The number of hydrogen-bond acceptors (Lipinski definition) is 5. The molecule has 134 valence electrons. The lowest BCUT2D eigenvalue weighted by molar-refractivity contribution is 0.786. The Morgan fingerprint density at radius 1 is 1.21 bits per heavy atom. The van der Waals surface area contributed by atoms with Gasteiger partial charge in [-0.3, -0.25) is 0 Å². The average Bonchev–Trinajstić information content (AvgIpc) is 3.14. The maximum atomic E-state index is 4.62. The zero-order chi connectivity index (χ0) is 16.7. The van der Waals surface area contributed by atoms with E-state index in [0.717, 1.165) is 46.9 Å². The fourth-order valence-electron chi connectivity index (χ4n) is 1.98. The van der Waals surface area contributed by atoms with Gasteiger partial charge in [0.05, 0.1) is 22.9 Å². The Kier molecular flexibility index (Phi) is 9.75. The standard InChI is InChI=1S/C16H25N5S2.HI/c1-5-17-16(18-7-6-13-9-22-12(4)20-13)19-8-15-21-14(10-23-15)11(2)3;/h9-11H,5-8H2,1-4H3,(H2,17,18,19);1H. The summed E-state index contributed by atoms with van der Waals surface area (Å²) >= 11 is 3.37. The number of halogens is 1. The Bertz CT molecular complexity index is 636. The van der Waals surface area contributed by atoms with E-state index in [1.165, 1.54) is 0 Å². The van der Waals surface area contributed by atoms with Crippen LogP contribution in [0.3, 0.4) is 0 Å². The molecule has 0 aliphatic carbocycles. The molecule has 0 amide bonds. The van der Waals surface area contributed by atoms with Gasteiger partial charge < -0.3 is 10.6 Å². The molecule has 8 heteroatoms. The Hall–Kier alpha value is -0.740. The van der Waals surface area contributed by atoms with Crippen molar-refractivity contribution in [1.29, 1.82) is 0 Å². The van der Waals surface area contributed by atoms with Gasteiger partial charge in [-0.1, -0.05) is 13.8 Å². The van der Waals surface area contributed by atoms with E-state index in [-0.39, 0.29) is 24.0 Å². The van der Waals surface area contributed by atoms with E-state index in [4.69, 9.17) is 0 Å². The highest BCUT2D eigenvalue weighted by Crippen LogP contribution is 2.18. The van der Waals surface area contributed by atoms with Gasteiger partial charge in [0.25, 0.3) is 0 Å². The van der Waals surface area contributed by atoms with Crippen LogP contribution in [0.1, 0.15) is 48.1 Å². The first-order valence-electron chi connectivity index (χ1n) is 7.96. The van der Waals surface area contributed by atoms with Crippen molar-refractivity contribution in [2.24, 2.45) is 4.99 Å². The van der Waals surface area contributed by atoms with E-state index in [0.29, 0.717) is 12.5 Å². The van der Waals surface area contributed by atoms with Crippen LogP contribution in [0.2, 0.25) is 0 Å². The van der Waals surface area contributed by atoms with Gasteiger partial charge in [0.2, 0.25) is 0 Å². The van der Waals surface area contributed by atoms with Gasteiger partial charge in [0.1, 0.15) is 5.01 Å². The Labute approximate surface area is 169 Å². The number of aliphatic imine (C=N–C) groups is 1. The molecule has 0 radical (unpaired) electrons. The molecule has 0 atom stereocenters. The van der Waals surface area contributed by atoms with Crippen LogP contribution in [0.5, 0.6) is 0 Å². The molecule has 0 unspecified atom stereocenters. The van der Waals surface area contributed by atoms with Crippen LogP contribution in [0.25, 0.3) is 0 Å². The average molecular weight is 479 g/mol. The van der Waals surface area contributed by atoms with Gasteiger partial charge in [-0.25, -0.2) is 15.0 Å². The van der Waals surface area contributed by atoms with Gasteiger partial charge >= 0.3 is 0 Å². The van der Waals surface area contributed by atoms with Crippen LogP contribution in [0.4, 0.5) is 0 Å². The van der Waals surface area contributed by atoms with Gasteiger partial charge in [0.15, 0.2) is 5.96 Å². The van der Waals surface area contributed by atoms with Crippen molar-refractivity contribution < 1.29 is 0 Å². The summed E-state index contributed by atoms with van der Waals surface area (Å²) in [5.74, 6) is 1.30. The van der Waals surface area contributed by atoms with Crippen molar-refractivity contribution >= 4 is 52.6 Å². The van der Waals surface area contributed by atoms with E-state index in [1.54, 1.807) is 22.7 Å². The van der Waals surface area contributed by atoms with Crippen molar-refractivity contribution in [2.45, 2.75) is 46.6 Å². The molecule has 2 rings (SSSR count). The highest BCUT2D eigenvalue weighted by Gasteiger charge is 2.06. The molecule has 2 aromatic rings. The number of aryl methyl sites for hydroxylation is 1. The highest BCUT2D eigenvalue weighted by molar-refractivity contribution is 14.0. The predicted octanol–water partition coefficient (Wildman–Crippen LogP) is 3.95. The summed E-state index contributed by atoms with van der Waals surface area (Å²) < 4.78 is 0. The first-order chi connectivity index (χ1) is 11.1. The van der Waals surface area contributed by atoms with E-state index in [2.05, 4.69) is 57.1 Å². The number of nitrogens with zero attached hydrogens (tertiary/aromatic N) is 3. The summed E-state index contributed by atoms with van der Waals surface area (Å²) in [6.07, 6.45) is 0.906. The summed E-state index contributed by atoms with van der Waals surface area (Å²) in [4.78, 5) is 13.7. The van der Waals surface area contributed by atoms with Crippen LogP contribution in [0, 0.1) is 6.92 Å². The summed E-state index contributed by atoms with van der Waals surface area (Å²) in [7, 11) is 0. The van der Waals surface area contributed by atoms with Crippen molar-refractivity contribution in [3.63, 3.8) is 0 Å².